The number of aryl methyl sites for hydroxylation is 1. The monoisotopic (exact) mass is 425 g/mol. The number of fused-ring (bicyclic) bond motifs is 1. The Morgan fingerprint density at radius 3 is 2.83 bits per heavy atom. The Balaban J connectivity index is 1.27. The van der Waals surface area contributed by atoms with E-state index in [-0.39, 0.29) is 5.91 Å². The SMILES string of the molecule is CCc1cc2c(N3CCN(C(=O)CCCNc4ncccc4N)CC3)ncnc2s1. The van der Waals surface area contributed by atoms with Crippen molar-refractivity contribution in [3.05, 3.63) is 35.6 Å². The number of hydrogen-bond donors (Lipinski definition) is 2. The number of amides is 1. The van der Waals surface area contributed by atoms with Gasteiger partial charge in [0, 0.05) is 50.2 Å². The number of carbonyl (C=O) groups is 1. The van der Waals surface area contributed by atoms with Crippen LogP contribution in [-0.4, -0.2) is 58.5 Å². The molecule has 0 spiro atoms. The molecule has 0 radical (unpaired) electrons. The van der Waals surface area contributed by atoms with Gasteiger partial charge in [-0.05, 0) is 31.0 Å². The summed E-state index contributed by atoms with van der Waals surface area (Å²) in [7, 11) is 0. The first-order chi connectivity index (χ1) is 14.7. The number of aromatic nitrogens is 3. The van der Waals surface area contributed by atoms with Crippen LogP contribution < -0.4 is 16.0 Å². The predicted molar refractivity (Wildman–Crippen MR) is 122 cm³/mol. The number of hydrogen-bond acceptors (Lipinski definition) is 8. The van der Waals surface area contributed by atoms with Gasteiger partial charge in [0.25, 0.3) is 0 Å². The lowest BCUT2D eigenvalue weighted by Crippen LogP contribution is -2.49. The zero-order valence-electron chi connectivity index (χ0n) is 17.2. The summed E-state index contributed by atoms with van der Waals surface area (Å²) in [5.41, 5.74) is 6.49. The van der Waals surface area contributed by atoms with E-state index in [9.17, 15) is 4.79 Å². The maximum Gasteiger partial charge on any atom is 0.222 e. The second-order valence-corrected chi connectivity index (χ2v) is 8.44. The van der Waals surface area contributed by atoms with Crippen molar-refractivity contribution in [3.63, 3.8) is 0 Å². The minimum absolute atomic E-state index is 0.196. The average Bonchev–Trinajstić information content (AvgIpc) is 3.21. The van der Waals surface area contributed by atoms with E-state index >= 15 is 0 Å². The Morgan fingerprint density at radius 1 is 1.23 bits per heavy atom. The largest absolute Gasteiger partial charge is 0.396 e. The van der Waals surface area contributed by atoms with Crippen molar-refractivity contribution in [2.45, 2.75) is 26.2 Å². The Morgan fingerprint density at radius 2 is 2.07 bits per heavy atom. The molecule has 4 heterocycles. The summed E-state index contributed by atoms with van der Waals surface area (Å²) < 4.78 is 0. The van der Waals surface area contributed by atoms with E-state index in [1.807, 2.05) is 11.0 Å². The Kier molecular flexibility index (Phi) is 6.27. The van der Waals surface area contributed by atoms with Gasteiger partial charge in [0.15, 0.2) is 0 Å². The maximum atomic E-state index is 12.6. The molecule has 158 valence electrons. The molecule has 1 aliphatic rings. The third kappa shape index (κ3) is 4.46. The van der Waals surface area contributed by atoms with Crippen molar-refractivity contribution in [2.75, 3.05) is 48.7 Å². The lowest BCUT2D eigenvalue weighted by atomic mass is 10.2. The molecule has 1 saturated heterocycles. The Labute approximate surface area is 180 Å². The molecule has 8 nitrogen and oxygen atoms in total. The zero-order chi connectivity index (χ0) is 20.9. The molecule has 0 atom stereocenters. The van der Waals surface area contributed by atoms with Crippen LogP contribution in [0.15, 0.2) is 30.7 Å². The molecule has 3 N–H and O–H groups in total. The quantitative estimate of drug-likeness (QED) is 0.561. The van der Waals surface area contributed by atoms with Gasteiger partial charge in [-0.15, -0.1) is 11.3 Å². The van der Waals surface area contributed by atoms with E-state index in [1.54, 1.807) is 29.9 Å². The van der Waals surface area contributed by atoms with Gasteiger partial charge in [-0.2, -0.15) is 0 Å². The number of anilines is 3. The topological polar surface area (TPSA) is 100 Å². The fraction of sp³-hybridized carbons (Fsp3) is 0.429. The summed E-state index contributed by atoms with van der Waals surface area (Å²) in [5, 5.41) is 4.32. The number of carbonyl (C=O) groups excluding carboxylic acids is 1. The predicted octanol–water partition coefficient (Wildman–Crippen LogP) is 2.77. The minimum atomic E-state index is 0.196. The first-order valence-corrected chi connectivity index (χ1v) is 11.2. The Bertz CT molecular complexity index is 1010. The van der Waals surface area contributed by atoms with Crippen LogP contribution in [0.5, 0.6) is 0 Å². The second-order valence-electron chi connectivity index (χ2n) is 7.32. The molecule has 0 aliphatic carbocycles. The standard InChI is InChI=1S/C21H27N7OS/c1-2-15-13-16-20(25-14-26-21(16)30-15)28-11-9-27(10-12-28)18(29)6-4-8-24-19-17(22)5-3-7-23-19/h3,5,7,13-14H,2,4,6,8-12,22H2,1H3,(H,23,24). The third-order valence-electron chi connectivity index (χ3n) is 5.34. The van der Waals surface area contributed by atoms with Crippen molar-refractivity contribution >= 4 is 44.8 Å². The van der Waals surface area contributed by atoms with Gasteiger partial charge in [-0.25, -0.2) is 15.0 Å². The van der Waals surface area contributed by atoms with Crippen LogP contribution in [0.2, 0.25) is 0 Å². The van der Waals surface area contributed by atoms with Gasteiger partial charge in [-0.1, -0.05) is 6.92 Å². The molecule has 0 unspecified atom stereocenters. The van der Waals surface area contributed by atoms with Crippen LogP contribution in [0.4, 0.5) is 17.3 Å². The van der Waals surface area contributed by atoms with E-state index in [0.717, 1.165) is 55.1 Å². The molecule has 4 rings (SSSR count). The van der Waals surface area contributed by atoms with E-state index in [0.29, 0.717) is 24.5 Å². The van der Waals surface area contributed by atoms with Crippen LogP contribution in [-0.2, 0) is 11.2 Å². The molecule has 0 aromatic carbocycles. The fourth-order valence-electron chi connectivity index (χ4n) is 3.66. The van der Waals surface area contributed by atoms with Crippen LogP contribution in [0.25, 0.3) is 10.2 Å². The average molecular weight is 426 g/mol. The van der Waals surface area contributed by atoms with Crippen LogP contribution >= 0.6 is 11.3 Å². The highest BCUT2D eigenvalue weighted by Crippen LogP contribution is 2.31. The lowest BCUT2D eigenvalue weighted by molar-refractivity contribution is -0.131. The molecular formula is C21H27N7OS. The summed E-state index contributed by atoms with van der Waals surface area (Å²) in [6, 6.07) is 5.82. The van der Waals surface area contributed by atoms with Gasteiger partial charge in [0.05, 0.1) is 11.1 Å². The molecule has 9 heteroatoms. The van der Waals surface area contributed by atoms with E-state index < -0.39 is 0 Å². The Hall–Kier alpha value is -2.94. The molecule has 1 amide bonds. The van der Waals surface area contributed by atoms with Crippen molar-refractivity contribution in [1.29, 1.82) is 0 Å². The van der Waals surface area contributed by atoms with Gasteiger partial charge in [0.2, 0.25) is 5.91 Å². The first kappa shape index (κ1) is 20.3. The molecular weight excluding hydrogens is 398 g/mol. The number of thiophene rings is 1. The van der Waals surface area contributed by atoms with Gasteiger partial charge < -0.3 is 20.9 Å². The summed E-state index contributed by atoms with van der Waals surface area (Å²) in [6.07, 6.45) is 5.61. The molecule has 0 saturated carbocycles. The van der Waals surface area contributed by atoms with E-state index in [2.05, 4.69) is 38.2 Å². The maximum absolute atomic E-state index is 12.6. The molecule has 1 aliphatic heterocycles. The van der Waals surface area contributed by atoms with Gasteiger partial charge >= 0.3 is 0 Å². The van der Waals surface area contributed by atoms with Crippen molar-refractivity contribution in [1.82, 2.24) is 19.9 Å². The van der Waals surface area contributed by atoms with Gasteiger partial charge in [-0.3, -0.25) is 4.79 Å². The smallest absolute Gasteiger partial charge is 0.222 e. The number of nitrogen functional groups attached to an aromatic ring is 1. The number of nitrogens with two attached hydrogens (primary N) is 1. The molecule has 1 fully saturated rings. The van der Waals surface area contributed by atoms with Gasteiger partial charge in [0.1, 0.15) is 22.8 Å². The van der Waals surface area contributed by atoms with Crippen molar-refractivity contribution in [3.8, 4) is 0 Å². The highest BCUT2D eigenvalue weighted by Gasteiger charge is 2.23. The third-order valence-corrected chi connectivity index (χ3v) is 6.53. The summed E-state index contributed by atoms with van der Waals surface area (Å²) in [6.45, 7) is 5.84. The van der Waals surface area contributed by atoms with E-state index in [1.165, 1.54) is 4.88 Å². The number of nitrogens with one attached hydrogen (secondary N) is 1. The highest BCUT2D eigenvalue weighted by atomic mass is 32.1. The van der Waals surface area contributed by atoms with Crippen molar-refractivity contribution in [2.24, 2.45) is 0 Å². The van der Waals surface area contributed by atoms with Crippen molar-refractivity contribution < 1.29 is 4.79 Å². The van der Waals surface area contributed by atoms with Crippen LogP contribution in [0, 0.1) is 0 Å². The zero-order valence-corrected chi connectivity index (χ0v) is 18.0. The first-order valence-electron chi connectivity index (χ1n) is 10.4. The number of rotatable bonds is 7. The normalized spacial score (nSPS) is 14.3. The lowest BCUT2D eigenvalue weighted by Gasteiger charge is -2.35. The number of pyridine rings is 1. The summed E-state index contributed by atoms with van der Waals surface area (Å²) in [5.74, 6) is 1.86. The minimum Gasteiger partial charge on any atom is -0.396 e. The molecule has 3 aromatic rings. The summed E-state index contributed by atoms with van der Waals surface area (Å²) >= 11 is 1.73. The van der Waals surface area contributed by atoms with E-state index in [4.69, 9.17) is 5.73 Å². The molecule has 3 aromatic heterocycles. The molecule has 30 heavy (non-hydrogen) atoms. The van der Waals surface area contributed by atoms with Crippen LogP contribution in [0.3, 0.4) is 0 Å². The fourth-order valence-corrected chi connectivity index (χ4v) is 4.59. The highest BCUT2D eigenvalue weighted by molar-refractivity contribution is 7.18. The molecule has 0 bridgehead atoms. The number of piperazine rings is 1. The number of nitrogens with zero attached hydrogens (tertiary/aromatic N) is 5. The summed E-state index contributed by atoms with van der Waals surface area (Å²) in [4.78, 5) is 32.3. The second kappa shape index (κ2) is 9.25. The van der Waals surface area contributed by atoms with Crippen LogP contribution in [0.1, 0.15) is 24.6 Å².